The topological polar surface area (TPSA) is 66.5 Å². The fraction of sp³-hybridized carbons (Fsp3) is 0.321. The molecule has 1 atom stereocenters. The molecule has 3 aromatic rings. The van der Waals surface area contributed by atoms with Crippen molar-refractivity contribution in [2.75, 3.05) is 4.90 Å². The molecule has 4 rings (SSSR count). The Bertz CT molecular complexity index is 1150. The molecule has 1 N–H and O–H groups in total. The van der Waals surface area contributed by atoms with Gasteiger partial charge in [0.25, 0.3) is 0 Å². The third-order valence-corrected chi connectivity index (χ3v) is 7.13. The normalized spacial score (nSPS) is 14.8. The Labute approximate surface area is 209 Å². The number of nitrogens with one attached hydrogen (secondary N) is 1. The molecule has 1 saturated carbocycles. The lowest BCUT2D eigenvalue weighted by Gasteiger charge is -2.33. The van der Waals surface area contributed by atoms with Crippen LogP contribution in [0.5, 0.6) is 0 Å². The van der Waals surface area contributed by atoms with E-state index in [1.165, 1.54) is 35.3 Å². The molecule has 5 nitrogen and oxygen atoms in total. The van der Waals surface area contributed by atoms with Crippen molar-refractivity contribution in [3.8, 4) is 0 Å². The van der Waals surface area contributed by atoms with Crippen LogP contribution in [0.1, 0.15) is 66.6 Å². The van der Waals surface area contributed by atoms with Crippen LogP contribution < -0.4 is 10.2 Å². The SMILES string of the molecule is CC(=O)c1ccc(N(C(=O)Cc2ccsc2)C(C(=O)NC2CCCCC2)c2ccc(F)cc2)cc1. The van der Waals surface area contributed by atoms with Gasteiger partial charge in [0.1, 0.15) is 11.9 Å². The Hall–Kier alpha value is -3.32. The zero-order chi connectivity index (χ0) is 24.8. The predicted molar refractivity (Wildman–Crippen MR) is 136 cm³/mol. The third kappa shape index (κ3) is 6.22. The van der Waals surface area contributed by atoms with Crippen LogP contribution in [0.15, 0.2) is 65.4 Å². The Kier molecular flexibility index (Phi) is 8.08. The first-order chi connectivity index (χ1) is 16.9. The van der Waals surface area contributed by atoms with Gasteiger partial charge in [-0.15, -0.1) is 0 Å². The minimum atomic E-state index is -0.980. The van der Waals surface area contributed by atoms with E-state index in [2.05, 4.69) is 5.32 Å². The molecule has 0 saturated heterocycles. The fourth-order valence-electron chi connectivity index (χ4n) is 4.54. The molecule has 1 heterocycles. The Balaban J connectivity index is 1.75. The monoisotopic (exact) mass is 492 g/mol. The first kappa shape index (κ1) is 24.8. The summed E-state index contributed by atoms with van der Waals surface area (Å²) >= 11 is 1.50. The molecule has 0 bridgehead atoms. The zero-order valence-corrected chi connectivity index (χ0v) is 20.5. The number of rotatable bonds is 8. The highest BCUT2D eigenvalue weighted by molar-refractivity contribution is 7.08. The molecule has 1 fully saturated rings. The fourth-order valence-corrected chi connectivity index (χ4v) is 5.21. The van der Waals surface area contributed by atoms with Gasteiger partial charge < -0.3 is 5.32 Å². The second-order valence-corrected chi connectivity index (χ2v) is 9.75. The second kappa shape index (κ2) is 11.4. The number of benzene rings is 2. The van der Waals surface area contributed by atoms with Crippen molar-refractivity contribution in [1.82, 2.24) is 5.32 Å². The van der Waals surface area contributed by atoms with E-state index < -0.39 is 11.9 Å². The maximum Gasteiger partial charge on any atom is 0.248 e. The molecule has 1 aliphatic rings. The summed E-state index contributed by atoms with van der Waals surface area (Å²) in [5, 5.41) is 6.96. The van der Waals surface area contributed by atoms with E-state index in [0.29, 0.717) is 16.8 Å². The zero-order valence-electron chi connectivity index (χ0n) is 19.7. The number of ketones is 1. The average molecular weight is 493 g/mol. The van der Waals surface area contributed by atoms with E-state index in [-0.39, 0.29) is 30.1 Å². The minimum absolute atomic E-state index is 0.0492. The van der Waals surface area contributed by atoms with Crippen LogP contribution in [0.4, 0.5) is 10.1 Å². The number of anilines is 1. The first-order valence-electron chi connectivity index (χ1n) is 11.9. The first-order valence-corrected chi connectivity index (χ1v) is 12.9. The van der Waals surface area contributed by atoms with Crippen molar-refractivity contribution in [3.63, 3.8) is 0 Å². The molecule has 35 heavy (non-hydrogen) atoms. The molecule has 0 radical (unpaired) electrons. The van der Waals surface area contributed by atoms with E-state index in [1.54, 1.807) is 36.4 Å². The van der Waals surface area contributed by atoms with Gasteiger partial charge in [0.15, 0.2) is 5.78 Å². The van der Waals surface area contributed by atoms with Gasteiger partial charge in [-0.05, 0) is 84.1 Å². The molecule has 1 unspecified atom stereocenters. The summed E-state index contributed by atoms with van der Waals surface area (Å²) in [5.41, 5.74) is 2.40. The van der Waals surface area contributed by atoms with Crippen LogP contribution in [-0.2, 0) is 16.0 Å². The lowest BCUT2D eigenvalue weighted by atomic mass is 9.94. The summed E-state index contributed by atoms with van der Waals surface area (Å²) in [5.74, 6) is -1.05. The number of halogens is 1. The van der Waals surface area contributed by atoms with Crippen LogP contribution in [0.25, 0.3) is 0 Å². The Morgan fingerprint density at radius 3 is 2.29 bits per heavy atom. The summed E-state index contributed by atoms with van der Waals surface area (Å²) < 4.78 is 13.8. The van der Waals surface area contributed by atoms with Gasteiger partial charge in [0, 0.05) is 17.3 Å². The predicted octanol–water partition coefficient (Wildman–Crippen LogP) is 5.86. The van der Waals surface area contributed by atoms with Crippen LogP contribution in [0.3, 0.4) is 0 Å². The lowest BCUT2D eigenvalue weighted by molar-refractivity contribution is -0.127. The standard InChI is InChI=1S/C28H29FN2O3S/c1-19(32)21-9-13-25(14-10-21)31(26(33)17-20-15-16-35-18-20)27(22-7-11-23(29)12-8-22)28(34)30-24-5-3-2-4-6-24/h7-16,18,24,27H,2-6,17H2,1H3,(H,30,34). The van der Waals surface area contributed by atoms with E-state index in [4.69, 9.17) is 0 Å². The van der Waals surface area contributed by atoms with Gasteiger partial charge in [0.2, 0.25) is 11.8 Å². The highest BCUT2D eigenvalue weighted by Crippen LogP contribution is 2.30. The summed E-state index contributed by atoms with van der Waals surface area (Å²) in [7, 11) is 0. The highest BCUT2D eigenvalue weighted by atomic mass is 32.1. The van der Waals surface area contributed by atoms with Gasteiger partial charge in [0.05, 0.1) is 6.42 Å². The molecule has 1 aromatic heterocycles. The number of hydrogen-bond acceptors (Lipinski definition) is 4. The molecule has 7 heteroatoms. The van der Waals surface area contributed by atoms with E-state index in [9.17, 15) is 18.8 Å². The van der Waals surface area contributed by atoms with Gasteiger partial charge in [-0.2, -0.15) is 11.3 Å². The largest absolute Gasteiger partial charge is 0.351 e. The quantitative estimate of drug-likeness (QED) is 0.401. The number of carbonyl (C=O) groups excluding carboxylic acids is 3. The van der Waals surface area contributed by atoms with Crippen molar-refractivity contribution in [3.05, 3.63) is 87.9 Å². The van der Waals surface area contributed by atoms with Gasteiger partial charge >= 0.3 is 0 Å². The van der Waals surface area contributed by atoms with Crippen molar-refractivity contribution >= 4 is 34.6 Å². The number of amides is 2. The molecule has 2 aromatic carbocycles. The van der Waals surface area contributed by atoms with Gasteiger partial charge in [-0.1, -0.05) is 31.4 Å². The van der Waals surface area contributed by atoms with Crippen LogP contribution >= 0.6 is 11.3 Å². The second-order valence-electron chi connectivity index (χ2n) is 8.97. The van der Waals surface area contributed by atoms with Crippen molar-refractivity contribution in [2.24, 2.45) is 0 Å². The van der Waals surface area contributed by atoms with Crippen LogP contribution in [0.2, 0.25) is 0 Å². The number of hydrogen-bond donors (Lipinski definition) is 1. The average Bonchev–Trinajstić information content (AvgIpc) is 3.37. The molecular formula is C28H29FN2O3S. The van der Waals surface area contributed by atoms with Crippen LogP contribution in [-0.4, -0.2) is 23.6 Å². The lowest BCUT2D eigenvalue weighted by Crippen LogP contribution is -2.47. The van der Waals surface area contributed by atoms with Gasteiger partial charge in [-0.25, -0.2) is 4.39 Å². The molecule has 0 aliphatic heterocycles. The maximum absolute atomic E-state index is 13.8. The third-order valence-electron chi connectivity index (χ3n) is 6.40. The van der Waals surface area contributed by atoms with Gasteiger partial charge in [-0.3, -0.25) is 19.3 Å². The summed E-state index contributed by atoms with van der Waals surface area (Å²) in [6.07, 6.45) is 5.18. The van der Waals surface area contributed by atoms with Crippen molar-refractivity contribution < 1.29 is 18.8 Å². The Morgan fingerprint density at radius 2 is 1.69 bits per heavy atom. The number of thiophene rings is 1. The van der Waals surface area contributed by atoms with Crippen molar-refractivity contribution in [2.45, 2.75) is 57.5 Å². The van der Waals surface area contributed by atoms with Crippen LogP contribution in [0, 0.1) is 5.82 Å². The maximum atomic E-state index is 13.8. The number of nitrogens with zero attached hydrogens (tertiary/aromatic N) is 1. The Morgan fingerprint density at radius 1 is 1.00 bits per heavy atom. The molecule has 2 amide bonds. The molecular weight excluding hydrogens is 463 g/mol. The van der Waals surface area contributed by atoms with Crippen molar-refractivity contribution in [1.29, 1.82) is 0 Å². The molecule has 1 aliphatic carbocycles. The van der Waals surface area contributed by atoms with E-state index in [0.717, 1.165) is 37.7 Å². The molecule has 0 spiro atoms. The minimum Gasteiger partial charge on any atom is -0.351 e. The van der Waals surface area contributed by atoms with E-state index in [1.807, 2.05) is 16.8 Å². The summed E-state index contributed by atoms with van der Waals surface area (Å²) in [6, 6.07) is 13.3. The number of Topliss-reactive ketones (excluding diaryl/α,β-unsaturated/α-hetero) is 1. The summed E-state index contributed by atoms with van der Waals surface area (Å²) in [4.78, 5) is 40.7. The highest BCUT2D eigenvalue weighted by Gasteiger charge is 2.34. The van der Waals surface area contributed by atoms with E-state index >= 15 is 0 Å². The summed E-state index contributed by atoms with van der Waals surface area (Å²) in [6.45, 7) is 1.48. The molecule has 182 valence electrons. The smallest absolute Gasteiger partial charge is 0.248 e. The number of carbonyl (C=O) groups is 3.